The molecule has 0 radical (unpaired) electrons. The van der Waals surface area contributed by atoms with Gasteiger partial charge in [-0.25, -0.2) is 4.39 Å². The molecule has 3 heteroatoms. The van der Waals surface area contributed by atoms with Gasteiger partial charge >= 0.3 is 0 Å². The van der Waals surface area contributed by atoms with Crippen LogP contribution in [0.1, 0.15) is 12.5 Å². The van der Waals surface area contributed by atoms with Crippen LogP contribution in [0.25, 0.3) is 0 Å². The fourth-order valence-electron chi connectivity index (χ4n) is 0.967. The van der Waals surface area contributed by atoms with Crippen LogP contribution in [0, 0.1) is 5.82 Å². The van der Waals surface area contributed by atoms with Crippen molar-refractivity contribution < 1.29 is 4.39 Å². The van der Waals surface area contributed by atoms with E-state index in [0.717, 1.165) is 0 Å². The molecule has 0 spiro atoms. The lowest BCUT2D eigenvalue weighted by molar-refractivity contribution is 0.614. The Morgan fingerprint density at radius 2 is 2.18 bits per heavy atom. The molecule has 0 aromatic heterocycles. The Bertz CT molecular complexity index is 273. The number of benzene rings is 1. The van der Waals surface area contributed by atoms with Gasteiger partial charge in [-0.05, 0) is 18.6 Å². The molecule has 0 aliphatic heterocycles. The van der Waals surface area contributed by atoms with E-state index < -0.39 is 5.82 Å². The van der Waals surface area contributed by atoms with Crippen LogP contribution in [0.2, 0.25) is 5.02 Å². The predicted octanol–water partition coefficient (Wildman–Crippen LogP) is 2.62. The molecule has 0 aliphatic rings. The van der Waals surface area contributed by atoms with E-state index in [0.29, 0.717) is 17.7 Å². The Morgan fingerprint density at radius 3 is 2.64 bits per heavy atom. The molecule has 1 aromatic carbocycles. The maximum atomic E-state index is 13.1. The molecule has 60 valence electrons. The average Bonchev–Trinajstić information content (AvgIpc) is 1.99. The third-order valence-corrected chi connectivity index (χ3v) is 1.88. The minimum atomic E-state index is -0.394. The molecule has 0 bridgehead atoms. The first-order chi connectivity index (χ1) is 5.16. The first-order valence-electron chi connectivity index (χ1n) is 3.39. The second-order valence-corrected chi connectivity index (χ2v) is 2.69. The highest BCUT2D eigenvalue weighted by atomic mass is 35.5. The molecular weight excluding hydrogens is 165 g/mol. The summed E-state index contributed by atoms with van der Waals surface area (Å²) in [4.78, 5) is 0. The number of hydrogen-bond donors (Lipinski definition) is 1. The summed E-state index contributed by atoms with van der Waals surface area (Å²) in [7, 11) is 0. The maximum absolute atomic E-state index is 13.1. The second-order valence-electron chi connectivity index (χ2n) is 2.28. The number of halogens is 2. The van der Waals surface area contributed by atoms with Gasteiger partial charge in [0, 0.05) is 11.3 Å². The summed E-state index contributed by atoms with van der Waals surface area (Å²) in [5.74, 6) is -0.394. The zero-order valence-corrected chi connectivity index (χ0v) is 6.95. The zero-order valence-electron chi connectivity index (χ0n) is 6.20. The van der Waals surface area contributed by atoms with Crippen molar-refractivity contribution in [3.8, 4) is 0 Å². The summed E-state index contributed by atoms with van der Waals surface area (Å²) in [6.07, 6.45) is 0.568. The number of hydrogen-bond acceptors (Lipinski definition) is 1. The summed E-state index contributed by atoms with van der Waals surface area (Å²) >= 11 is 5.53. The smallest absolute Gasteiger partial charge is 0.147 e. The Hall–Kier alpha value is -0.760. The highest BCUT2D eigenvalue weighted by Gasteiger charge is 2.07. The number of anilines is 1. The molecule has 0 atom stereocenters. The third-order valence-electron chi connectivity index (χ3n) is 1.59. The maximum Gasteiger partial charge on any atom is 0.147 e. The van der Waals surface area contributed by atoms with E-state index in [1.165, 1.54) is 6.07 Å². The van der Waals surface area contributed by atoms with Gasteiger partial charge in [-0.2, -0.15) is 0 Å². The Morgan fingerprint density at radius 1 is 1.55 bits per heavy atom. The van der Waals surface area contributed by atoms with Gasteiger partial charge in [0.05, 0.1) is 5.02 Å². The predicted molar refractivity (Wildman–Crippen MR) is 45.2 cm³/mol. The molecular formula is C8H9ClFN. The highest BCUT2D eigenvalue weighted by molar-refractivity contribution is 6.30. The van der Waals surface area contributed by atoms with Crippen LogP contribution in [0.4, 0.5) is 10.1 Å². The van der Waals surface area contributed by atoms with Crippen LogP contribution in [-0.2, 0) is 6.42 Å². The minimum Gasteiger partial charge on any atom is -0.398 e. The summed E-state index contributed by atoms with van der Waals surface area (Å²) < 4.78 is 13.1. The van der Waals surface area contributed by atoms with Crippen molar-refractivity contribution in [3.63, 3.8) is 0 Å². The molecule has 0 saturated heterocycles. The van der Waals surface area contributed by atoms with Gasteiger partial charge < -0.3 is 5.73 Å². The molecule has 1 aromatic rings. The van der Waals surface area contributed by atoms with Crippen molar-refractivity contribution >= 4 is 17.3 Å². The zero-order chi connectivity index (χ0) is 8.43. The second kappa shape index (κ2) is 3.09. The van der Waals surface area contributed by atoms with Crippen molar-refractivity contribution in [2.24, 2.45) is 0 Å². The van der Waals surface area contributed by atoms with Crippen LogP contribution >= 0.6 is 11.6 Å². The molecule has 0 saturated carbocycles. The van der Waals surface area contributed by atoms with Gasteiger partial charge in [-0.3, -0.25) is 0 Å². The molecule has 0 fully saturated rings. The van der Waals surface area contributed by atoms with Gasteiger partial charge in [0.25, 0.3) is 0 Å². The average molecular weight is 174 g/mol. The number of nitrogens with two attached hydrogens (primary N) is 1. The molecule has 11 heavy (non-hydrogen) atoms. The fraction of sp³-hybridized carbons (Fsp3) is 0.250. The SMILES string of the molecule is CCc1c(N)ccc(Cl)c1F. The van der Waals surface area contributed by atoms with Crippen molar-refractivity contribution in [2.45, 2.75) is 13.3 Å². The van der Waals surface area contributed by atoms with Gasteiger partial charge in [0.1, 0.15) is 5.82 Å². The first-order valence-corrected chi connectivity index (χ1v) is 3.77. The Labute approximate surface area is 70.0 Å². The summed E-state index contributed by atoms with van der Waals surface area (Å²) in [5, 5.41) is 0.135. The van der Waals surface area contributed by atoms with Crippen LogP contribution in [0.3, 0.4) is 0 Å². The van der Waals surface area contributed by atoms with Crippen LogP contribution in [0.5, 0.6) is 0 Å². The van der Waals surface area contributed by atoms with Gasteiger partial charge in [-0.15, -0.1) is 0 Å². The van der Waals surface area contributed by atoms with Crippen molar-refractivity contribution in [1.82, 2.24) is 0 Å². The minimum absolute atomic E-state index is 0.135. The lowest BCUT2D eigenvalue weighted by atomic mass is 10.1. The quantitative estimate of drug-likeness (QED) is 0.650. The van der Waals surface area contributed by atoms with Crippen LogP contribution < -0.4 is 5.73 Å². The van der Waals surface area contributed by atoms with Crippen LogP contribution in [-0.4, -0.2) is 0 Å². The lowest BCUT2D eigenvalue weighted by Gasteiger charge is -2.04. The topological polar surface area (TPSA) is 26.0 Å². The highest BCUT2D eigenvalue weighted by Crippen LogP contribution is 2.23. The first kappa shape index (κ1) is 8.34. The molecule has 0 unspecified atom stereocenters. The summed E-state index contributed by atoms with van der Waals surface area (Å²) in [6.45, 7) is 1.84. The van der Waals surface area contributed by atoms with Crippen LogP contribution in [0.15, 0.2) is 12.1 Å². The third kappa shape index (κ3) is 1.46. The van der Waals surface area contributed by atoms with E-state index in [2.05, 4.69) is 0 Å². The number of rotatable bonds is 1. The molecule has 0 heterocycles. The fourth-order valence-corrected chi connectivity index (χ4v) is 1.14. The van der Waals surface area contributed by atoms with E-state index in [9.17, 15) is 4.39 Å². The summed E-state index contributed by atoms with van der Waals surface area (Å²) in [6, 6.07) is 3.08. The van der Waals surface area contributed by atoms with E-state index >= 15 is 0 Å². The Balaban J connectivity index is 3.29. The normalized spacial score (nSPS) is 10.1. The monoisotopic (exact) mass is 173 g/mol. The number of nitrogen functional groups attached to an aromatic ring is 1. The molecule has 0 amide bonds. The largest absolute Gasteiger partial charge is 0.398 e. The van der Waals surface area contributed by atoms with Gasteiger partial charge in [0.2, 0.25) is 0 Å². The summed E-state index contributed by atoms with van der Waals surface area (Å²) in [5.41, 5.74) is 6.47. The van der Waals surface area contributed by atoms with Crippen molar-refractivity contribution in [1.29, 1.82) is 0 Å². The van der Waals surface area contributed by atoms with E-state index in [1.807, 2.05) is 6.92 Å². The van der Waals surface area contributed by atoms with E-state index in [-0.39, 0.29) is 5.02 Å². The van der Waals surface area contributed by atoms with E-state index in [1.54, 1.807) is 6.07 Å². The van der Waals surface area contributed by atoms with Gasteiger partial charge in [-0.1, -0.05) is 18.5 Å². The van der Waals surface area contributed by atoms with Crippen molar-refractivity contribution in [2.75, 3.05) is 5.73 Å². The lowest BCUT2D eigenvalue weighted by Crippen LogP contribution is -1.96. The standard InChI is InChI=1S/C8H9ClFN/c1-2-5-7(11)4-3-6(9)8(5)10/h3-4H,2,11H2,1H3. The molecule has 2 N–H and O–H groups in total. The van der Waals surface area contributed by atoms with Crippen molar-refractivity contribution in [3.05, 3.63) is 28.5 Å². The molecule has 0 aliphatic carbocycles. The molecule has 1 nitrogen and oxygen atoms in total. The Kier molecular flexibility index (Phi) is 2.35. The van der Waals surface area contributed by atoms with E-state index in [4.69, 9.17) is 17.3 Å². The molecule has 1 rings (SSSR count). The van der Waals surface area contributed by atoms with Gasteiger partial charge in [0.15, 0.2) is 0 Å².